The smallest absolute Gasteiger partial charge is 0.395 e. The summed E-state index contributed by atoms with van der Waals surface area (Å²) in [4.78, 5) is 24.8. The molecule has 150 valence electrons. The van der Waals surface area contributed by atoms with Gasteiger partial charge in [0.2, 0.25) is 0 Å². The summed E-state index contributed by atoms with van der Waals surface area (Å²) in [6, 6.07) is 5.20. The fraction of sp³-hybridized carbons (Fsp3) is 0.412. The SMILES string of the molecule is CSc1ncc(C(=O)NCC(F)(F)F)c(Nc2cccc(C3(CO)CC3)n2)n1. The molecule has 3 rings (SSSR count). The zero-order valence-corrected chi connectivity index (χ0v) is 15.7. The molecule has 1 saturated carbocycles. The van der Waals surface area contributed by atoms with E-state index in [2.05, 4.69) is 20.3 Å². The molecule has 3 N–H and O–H groups in total. The predicted octanol–water partition coefficient (Wildman–Crippen LogP) is 2.65. The minimum atomic E-state index is -4.53. The molecule has 0 saturated heterocycles. The summed E-state index contributed by atoms with van der Waals surface area (Å²) in [5, 5.41) is 14.6. The van der Waals surface area contributed by atoms with E-state index in [1.165, 1.54) is 18.0 Å². The number of alkyl halides is 3. The molecule has 1 amide bonds. The Morgan fingerprint density at radius 1 is 1.32 bits per heavy atom. The van der Waals surface area contributed by atoms with Gasteiger partial charge in [0.15, 0.2) is 5.16 Å². The summed E-state index contributed by atoms with van der Waals surface area (Å²) in [6.07, 6.45) is 0.0404. The summed E-state index contributed by atoms with van der Waals surface area (Å²) >= 11 is 1.23. The first-order valence-corrected chi connectivity index (χ1v) is 9.60. The lowest BCUT2D eigenvalue weighted by atomic mass is 10.0. The topological polar surface area (TPSA) is 100 Å². The van der Waals surface area contributed by atoms with E-state index in [0.29, 0.717) is 16.7 Å². The first kappa shape index (κ1) is 20.3. The average Bonchev–Trinajstić information content (AvgIpc) is 3.47. The van der Waals surface area contributed by atoms with E-state index in [0.717, 1.165) is 12.8 Å². The molecule has 1 aliphatic rings. The Morgan fingerprint density at radius 2 is 2.07 bits per heavy atom. The van der Waals surface area contributed by atoms with Crippen LogP contribution in [0.4, 0.5) is 24.8 Å². The first-order chi connectivity index (χ1) is 13.3. The van der Waals surface area contributed by atoms with Crippen LogP contribution in [0.2, 0.25) is 0 Å². The number of amides is 1. The molecule has 2 aromatic rings. The molecule has 0 atom stereocenters. The Labute approximate surface area is 163 Å². The number of aliphatic hydroxyl groups excluding tert-OH is 1. The second-order valence-corrected chi connectivity index (χ2v) is 7.16. The number of aromatic nitrogens is 3. The third-order valence-electron chi connectivity index (χ3n) is 4.34. The van der Waals surface area contributed by atoms with Crippen molar-refractivity contribution in [2.75, 3.05) is 24.7 Å². The minimum absolute atomic E-state index is 0.0152. The summed E-state index contributed by atoms with van der Waals surface area (Å²) < 4.78 is 37.2. The number of carbonyl (C=O) groups is 1. The zero-order chi connectivity index (χ0) is 20.4. The molecule has 0 spiro atoms. The summed E-state index contributed by atoms with van der Waals surface area (Å²) in [5.41, 5.74) is 0.237. The quantitative estimate of drug-likeness (QED) is 0.474. The van der Waals surface area contributed by atoms with Crippen LogP contribution in [0.1, 0.15) is 28.9 Å². The summed E-state index contributed by atoms with van der Waals surface area (Å²) in [6.45, 7) is -1.47. The van der Waals surface area contributed by atoms with Gasteiger partial charge in [-0.25, -0.2) is 15.0 Å². The fourth-order valence-electron chi connectivity index (χ4n) is 2.57. The van der Waals surface area contributed by atoms with Crippen LogP contribution in [0.5, 0.6) is 0 Å². The number of nitrogens with zero attached hydrogens (tertiary/aromatic N) is 3. The normalized spacial score (nSPS) is 15.2. The Hall–Kier alpha value is -2.40. The Morgan fingerprint density at radius 3 is 2.68 bits per heavy atom. The van der Waals surface area contributed by atoms with Crippen LogP contribution in [0.3, 0.4) is 0 Å². The highest BCUT2D eigenvalue weighted by Gasteiger charge is 2.45. The predicted molar refractivity (Wildman–Crippen MR) is 97.7 cm³/mol. The lowest BCUT2D eigenvalue weighted by Crippen LogP contribution is -2.34. The van der Waals surface area contributed by atoms with Crippen molar-refractivity contribution in [3.8, 4) is 0 Å². The molecule has 0 unspecified atom stereocenters. The molecule has 1 fully saturated rings. The molecule has 0 aliphatic heterocycles. The van der Waals surface area contributed by atoms with Crippen LogP contribution in [0.15, 0.2) is 29.6 Å². The van der Waals surface area contributed by atoms with Crippen LogP contribution < -0.4 is 10.6 Å². The van der Waals surface area contributed by atoms with Gasteiger partial charge in [-0.2, -0.15) is 13.2 Å². The van der Waals surface area contributed by atoms with Gasteiger partial charge in [0, 0.05) is 11.6 Å². The van der Waals surface area contributed by atoms with Crippen LogP contribution in [-0.4, -0.2) is 51.5 Å². The van der Waals surface area contributed by atoms with Crippen molar-refractivity contribution in [2.45, 2.75) is 29.6 Å². The monoisotopic (exact) mass is 413 g/mol. The summed E-state index contributed by atoms with van der Waals surface area (Å²) in [7, 11) is 0. The van der Waals surface area contributed by atoms with Crippen molar-refractivity contribution in [3.63, 3.8) is 0 Å². The lowest BCUT2D eigenvalue weighted by Gasteiger charge is -2.15. The van der Waals surface area contributed by atoms with E-state index in [9.17, 15) is 23.1 Å². The minimum Gasteiger partial charge on any atom is -0.395 e. The molecule has 1 aliphatic carbocycles. The first-order valence-electron chi connectivity index (χ1n) is 8.38. The molecule has 2 aromatic heterocycles. The number of carbonyl (C=O) groups excluding carboxylic acids is 1. The number of nitrogens with one attached hydrogen (secondary N) is 2. The maximum atomic E-state index is 12.4. The molecular formula is C17H18F3N5O2S. The van der Waals surface area contributed by atoms with Crippen molar-refractivity contribution in [1.29, 1.82) is 0 Å². The number of pyridine rings is 1. The highest BCUT2D eigenvalue weighted by atomic mass is 32.2. The van der Waals surface area contributed by atoms with Gasteiger partial charge in [0.1, 0.15) is 23.7 Å². The van der Waals surface area contributed by atoms with E-state index in [4.69, 9.17) is 0 Å². The zero-order valence-electron chi connectivity index (χ0n) is 14.9. The third kappa shape index (κ3) is 4.71. The number of hydrogen-bond acceptors (Lipinski definition) is 7. The number of thioether (sulfide) groups is 1. The molecule has 2 heterocycles. The molecule has 11 heteroatoms. The molecule has 28 heavy (non-hydrogen) atoms. The van der Waals surface area contributed by atoms with Crippen LogP contribution in [0.25, 0.3) is 0 Å². The van der Waals surface area contributed by atoms with Gasteiger partial charge >= 0.3 is 6.18 Å². The van der Waals surface area contributed by atoms with E-state index >= 15 is 0 Å². The van der Waals surface area contributed by atoms with E-state index in [1.54, 1.807) is 24.5 Å². The van der Waals surface area contributed by atoms with Gasteiger partial charge in [-0.05, 0) is 31.2 Å². The van der Waals surface area contributed by atoms with Crippen molar-refractivity contribution in [2.24, 2.45) is 0 Å². The van der Waals surface area contributed by atoms with Crippen molar-refractivity contribution in [3.05, 3.63) is 35.7 Å². The van der Waals surface area contributed by atoms with E-state index in [-0.39, 0.29) is 23.4 Å². The number of hydrogen-bond donors (Lipinski definition) is 3. The van der Waals surface area contributed by atoms with Gasteiger partial charge in [-0.15, -0.1) is 0 Å². The third-order valence-corrected chi connectivity index (χ3v) is 4.90. The number of halogens is 3. The highest BCUT2D eigenvalue weighted by molar-refractivity contribution is 7.98. The van der Waals surface area contributed by atoms with Crippen molar-refractivity contribution in [1.82, 2.24) is 20.3 Å². The lowest BCUT2D eigenvalue weighted by molar-refractivity contribution is -0.123. The average molecular weight is 413 g/mol. The van der Waals surface area contributed by atoms with Crippen LogP contribution in [0, 0.1) is 0 Å². The fourth-order valence-corrected chi connectivity index (χ4v) is 2.91. The maximum absolute atomic E-state index is 12.4. The second kappa shape index (κ2) is 7.92. The number of anilines is 2. The largest absolute Gasteiger partial charge is 0.405 e. The van der Waals surface area contributed by atoms with Crippen molar-refractivity contribution >= 4 is 29.3 Å². The molecule has 0 radical (unpaired) electrons. The molecule has 7 nitrogen and oxygen atoms in total. The van der Waals surface area contributed by atoms with Crippen LogP contribution in [-0.2, 0) is 5.41 Å². The Balaban J connectivity index is 1.86. The Kier molecular flexibility index (Phi) is 5.75. The van der Waals surface area contributed by atoms with Gasteiger partial charge in [0.25, 0.3) is 5.91 Å². The number of aliphatic hydroxyl groups is 1. The van der Waals surface area contributed by atoms with Gasteiger partial charge in [-0.1, -0.05) is 17.8 Å². The maximum Gasteiger partial charge on any atom is 0.405 e. The van der Waals surface area contributed by atoms with E-state index in [1.807, 2.05) is 5.32 Å². The second-order valence-electron chi connectivity index (χ2n) is 6.39. The van der Waals surface area contributed by atoms with Gasteiger partial charge in [-0.3, -0.25) is 4.79 Å². The molecule has 0 aromatic carbocycles. The van der Waals surface area contributed by atoms with E-state index < -0.39 is 18.6 Å². The summed E-state index contributed by atoms with van der Waals surface area (Å²) in [5.74, 6) is -0.525. The highest BCUT2D eigenvalue weighted by Crippen LogP contribution is 2.47. The standard InChI is InChI=1S/C17H18F3N5O2S/c1-28-15-21-7-10(14(27)22-8-17(18,19)20)13(25-15)24-12-4-2-3-11(23-12)16(9-26)5-6-16/h2-4,7,26H,5-6,8-9H2,1H3,(H,22,27)(H,21,23,24,25). The number of rotatable bonds is 7. The van der Waals surface area contributed by atoms with Crippen molar-refractivity contribution < 1.29 is 23.1 Å². The van der Waals surface area contributed by atoms with Gasteiger partial charge < -0.3 is 15.7 Å². The van der Waals surface area contributed by atoms with Gasteiger partial charge in [0.05, 0.1) is 12.3 Å². The van der Waals surface area contributed by atoms with Crippen LogP contribution >= 0.6 is 11.8 Å². The molecular weight excluding hydrogens is 395 g/mol. The molecule has 0 bridgehead atoms. The Bertz CT molecular complexity index is 874.